The molecule has 0 radical (unpaired) electrons. The summed E-state index contributed by atoms with van der Waals surface area (Å²) in [5.41, 5.74) is 0. The van der Waals surface area contributed by atoms with E-state index in [0.29, 0.717) is 12.8 Å². The Kier molecular flexibility index (Phi) is 3.00. The number of methoxy groups -OCH3 is 2. The topological polar surface area (TPSA) is 55.6 Å². The molecule has 5 heteroatoms. The zero-order valence-electron chi connectivity index (χ0n) is 7.65. The Morgan fingerprint density at radius 2 is 2.08 bits per heavy atom. The Morgan fingerprint density at radius 1 is 1.38 bits per heavy atom. The van der Waals surface area contributed by atoms with Crippen LogP contribution in [0.15, 0.2) is 0 Å². The quantitative estimate of drug-likeness (QED) is 0.432. The lowest BCUT2D eigenvalue weighted by Gasteiger charge is -2.04. The van der Waals surface area contributed by atoms with E-state index in [-0.39, 0.29) is 0 Å². The molecule has 0 aromatic carbocycles. The lowest BCUT2D eigenvalue weighted by Crippen LogP contribution is -2.35. The van der Waals surface area contributed by atoms with Crippen LogP contribution in [0, 0.1) is 0 Å². The largest absolute Gasteiger partial charge is 0.596 e. The summed E-state index contributed by atoms with van der Waals surface area (Å²) in [6.45, 7) is 0. The van der Waals surface area contributed by atoms with Gasteiger partial charge in [0.1, 0.15) is 0 Å². The van der Waals surface area contributed by atoms with Crippen LogP contribution in [0.2, 0.25) is 0 Å². The average Bonchev–Trinajstić information content (AvgIpc) is 2.63. The lowest BCUT2D eigenvalue weighted by molar-refractivity contribution is -0.463. The molecule has 1 atom stereocenters. The molecule has 1 aliphatic heterocycles. The molecule has 0 fully saturated rings. The number of carbonyl (C=O) groups is 2. The van der Waals surface area contributed by atoms with E-state index < -0.39 is 18.1 Å². The van der Waals surface area contributed by atoms with Gasteiger partial charge in [0.2, 0.25) is 0 Å². The number of esters is 1. The van der Waals surface area contributed by atoms with Crippen LogP contribution >= 0.6 is 0 Å². The minimum atomic E-state index is -0.520. The number of rotatable bonds is 1. The van der Waals surface area contributed by atoms with Crippen LogP contribution in [0.4, 0.5) is 4.79 Å². The van der Waals surface area contributed by atoms with Crippen LogP contribution in [-0.2, 0) is 14.3 Å². The third-order valence-electron chi connectivity index (χ3n) is 1.96. The summed E-state index contributed by atoms with van der Waals surface area (Å²) < 4.78 is 10.3. The second kappa shape index (κ2) is 4.02. The monoisotopic (exact) mass is 186 g/mol. The molecule has 0 spiro atoms. The first-order valence-corrected chi connectivity index (χ1v) is 3.98. The molecule has 1 amide bonds. The molecule has 13 heavy (non-hydrogen) atoms. The van der Waals surface area contributed by atoms with Crippen molar-refractivity contribution in [2.45, 2.75) is 18.9 Å². The van der Waals surface area contributed by atoms with Crippen molar-refractivity contribution in [2.75, 3.05) is 14.2 Å². The van der Waals surface area contributed by atoms with Gasteiger partial charge in [0.25, 0.3) is 6.04 Å². The van der Waals surface area contributed by atoms with Crippen molar-refractivity contribution in [2.24, 2.45) is 0 Å². The van der Waals surface area contributed by atoms with Gasteiger partial charge in [-0.15, -0.1) is 4.58 Å². The summed E-state index contributed by atoms with van der Waals surface area (Å²) in [7, 11) is 2.58. The molecule has 0 aromatic heterocycles. The van der Waals surface area contributed by atoms with Gasteiger partial charge in [-0.25, -0.2) is 4.79 Å². The Hall–Kier alpha value is -1.39. The molecular weight excluding hydrogens is 174 g/mol. The predicted octanol–water partition coefficient (Wildman–Crippen LogP) is 0.171. The molecule has 5 nitrogen and oxygen atoms in total. The van der Waals surface area contributed by atoms with Crippen LogP contribution in [0.25, 0.3) is 0 Å². The summed E-state index contributed by atoms with van der Waals surface area (Å²) in [4.78, 5) is 22.3. The molecule has 0 saturated carbocycles. The minimum absolute atomic E-state index is 0.404. The SMILES string of the molecule is COC(=O)[C@@H]1CCC=[N+]1C(=O)OC. The minimum Gasteiger partial charge on any atom is -0.464 e. The summed E-state index contributed by atoms with van der Waals surface area (Å²) in [6.07, 6.45) is 2.41. The number of hydrogen-bond acceptors (Lipinski definition) is 4. The zero-order valence-corrected chi connectivity index (χ0v) is 7.65. The number of nitrogens with zero attached hydrogens (tertiary/aromatic N) is 1. The maximum absolute atomic E-state index is 11.2. The molecule has 0 unspecified atom stereocenters. The molecule has 72 valence electrons. The maximum Gasteiger partial charge on any atom is 0.596 e. The van der Waals surface area contributed by atoms with Crippen LogP contribution < -0.4 is 0 Å². The fraction of sp³-hybridized carbons (Fsp3) is 0.625. The predicted molar refractivity (Wildman–Crippen MR) is 43.8 cm³/mol. The number of ether oxygens (including phenoxy) is 2. The zero-order chi connectivity index (χ0) is 9.84. The second-order valence-electron chi connectivity index (χ2n) is 2.68. The molecule has 1 aliphatic rings. The first kappa shape index (κ1) is 9.70. The molecular formula is C8H12NO4+. The van der Waals surface area contributed by atoms with E-state index in [0.717, 1.165) is 0 Å². The fourth-order valence-corrected chi connectivity index (χ4v) is 1.31. The average molecular weight is 186 g/mol. The van der Waals surface area contributed by atoms with Crippen molar-refractivity contribution in [1.82, 2.24) is 0 Å². The van der Waals surface area contributed by atoms with Crippen LogP contribution in [-0.4, -0.2) is 43.1 Å². The lowest BCUT2D eigenvalue weighted by atomic mass is 10.2. The summed E-state index contributed by atoms with van der Waals surface area (Å²) in [6, 6.07) is -0.516. The van der Waals surface area contributed by atoms with Gasteiger partial charge in [0.15, 0.2) is 6.21 Å². The van der Waals surface area contributed by atoms with E-state index >= 15 is 0 Å². The fourth-order valence-electron chi connectivity index (χ4n) is 1.31. The van der Waals surface area contributed by atoms with Gasteiger partial charge in [-0.3, -0.25) is 0 Å². The van der Waals surface area contributed by atoms with E-state index in [1.54, 1.807) is 6.21 Å². The van der Waals surface area contributed by atoms with E-state index in [4.69, 9.17) is 0 Å². The third-order valence-corrected chi connectivity index (χ3v) is 1.96. The molecule has 1 heterocycles. The van der Waals surface area contributed by atoms with Crippen molar-refractivity contribution in [3.63, 3.8) is 0 Å². The molecule has 0 bridgehead atoms. The van der Waals surface area contributed by atoms with E-state index in [1.165, 1.54) is 18.8 Å². The van der Waals surface area contributed by atoms with Gasteiger partial charge in [0.05, 0.1) is 14.2 Å². The highest BCUT2D eigenvalue weighted by Crippen LogP contribution is 2.10. The van der Waals surface area contributed by atoms with Gasteiger partial charge in [-0.1, -0.05) is 0 Å². The summed E-state index contributed by atoms with van der Waals surface area (Å²) in [5.74, 6) is -0.404. The van der Waals surface area contributed by atoms with E-state index in [1.807, 2.05) is 0 Å². The molecule has 0 aliphatic carbocycles. The highest BCUT2D eigenvalue weighted by atomic mass is 16.5. The first-order chi connectivity index (χ1) is 6.20. The normalized spacial score (nSPS) is 20.8. The first-order valence-electron chi connectivity index (χ1n) is 3.98. The maximum atomic E-state index is 11.2. The Bertz CT molecular complexity index is 259. The summed E-state index contributed by atoms with van der Waals surface area (Å²) in [5, 5.41) is 0. The molecule has 0 N–H and O–H groups in total. The van der Waals surface area contributed by atoms with Crippen LogP contribution in [0.1, 0.15) is 12.8 Å². The van der Waals surface area contributed by atoms with Crippen molar-refractivity contribution >= 4 is 18.3 Å². The Balaban J connectivity index is 2.73. The third kappa shape index (κ3) is 1.85. The van der Waals surface area contributed by atoms with Crippen molar-refractivity contribution in [3.8, 4) is 0 Å². The van der Waals surface area contributed by atoms with Crippen molar-refractivity contribution < 1.29 is 23.6 Å². The van der Waals surface area contributed by atoms with Crippen molar-refractivity contribution in [3.05, 3.63) is 0 Å². The van der Waals surface area contributed by atoms with Gasteiger partial charge >= 0.3 is 12.1 Å². The highest BCUT2D eigenvalue weighted by Gasteiger charge is 2.39. The second-order valence-corrected chi connectivity index (χ2v) is 2.68. The van der Waals surface area contributed by atoms with Gasteiger partial charge in [-0.2, -0.15) is 4.79 Å². The number of hydrogen-bond donors (Lipinski definition) is 0. The van der Waals surface area contributed by atoms with E-state index in [9.17, 15) is 9.59 Å². The Labute approximate surface area is 75.9 Å². The Morgan fingerprint density at radius 3 is 2.62 bits per heavy atom. The smallest absolute Gasteiger partial charge is 0.464 e. The van der Waals surface area contributed by atoms with Gasteiger partial charge in [-0.05, 0) is 0 Å². The van der Waals surface area contributed by atoms with Gasteiger partial charge in [0, 0.05) is 12.8 Å². The molecule has 0 aromatic rings. The summed E-state index contributed by atoms with van der Waals surface area (Å²) >= 11 is 0. The van der Waals surface area contributed by atoms with Crippen LogP contribution in [0.5, 0.6) is 0 Å². The van der Waals surface area contributed by atoms with E-state index in [2.05, 4.69) is 9.47 Å². The van der Waals surface area contributed by atoms with Crippen molar-refractivity contribution in [1.29, 1.82) is 0 Å². The molecule has 1 rings (SSSR count). The van der Waals surface area contributed by atoms with Crippen LogP contribution in [0.3, 0.4) is 0 Å². The number of amides is 1. The standard InChI is InChI=1S/C8H12NO4/c1-12-7(10)6-4-3-5-9(6)8(11)13-2/h5-6H,3-4H2,1-2H3/q+1/t6-/m0/s1. The van der Waals surface area contributed by atoms with Gasteiger partial charge < -0.3 is 9.47 Å². The number of carbonyl (C=O) groups excluding carboxylic acids is 2. The molecule has 0 saturated heterocycles. The highest BCUT2D eigenvalue weighted by molar-refractivity contribution is 5.80.